The van der Waals surface area contributed by atoms with Crippen molar-refractivity contribution in [3.8, 4) is 5.75 Å². The van der Waals surface area contributed by atoms with Gasteiger partial charge in [-0.05, 0) is 31.0 Å². The molecule has 10 nitrogen and oxygen atoms in total. The SMILES string of the molecule is O=C(COc1ccc(Cl)cc1Cl)NNc1ncnc(N2CCCCCC2)c1[N+](=O)[O-]. The Bertz CT molecular complexity index is 922. The Morgan fingerprint density at radius 1 is 1.20 bits per heavy atom. The van der Waals surface area contributed by atoms with Gasteiger partial charge in [0.1, 0.15) is 12.1 Å². The standard InChI is InChI=1S/C18H20Cl2N6O4/c19-12-5-6-14(13(20)9-12)30-10-15(27)23-24-17-16(26(28)29)18(22-11-21-17)25-7-3-1-2-4-8-25/h5-6,9,11H,1-4,7-8,10H2,(H,23,27)(H,21,22,24). The molecule has 1 aromatic heterocycles. The number of nitrogens with one attached hydrogen (secondary N) is 2. The fraction of sp³-hybridized carbons (Fsp3) is 0.389. The first-order chi connectivity index (χ1) is 14.5. The Morgan fingerprint density at radius 3 is 2.60 bits per heavy atom. The highest BCUT2D eigenvalue weighted by Crippen LogP contribution is 2.32. The van der Waals surface area contributed by atoms with Crippen molar-refractivity contribution in [2.45, 2.75) is 25.7 Å². The van der Waals surface area contributed by atoms with Crippen LogP contribution < -0.4 is 20.5 Å². The minimum absolute atomic E-state index is 0.105. The molecule has 0 saturated carbocycles. The van der Waals surface area contributed by atoms with E-state index in [-0.39, 0.29) is 34.7 Å². The first-order valence-corrected chi connectivity index (χ1v) is 10.1. The van der Waals surface area contributed by atoms with E-state index in [1.165, 1.54) is 18.5 Å². The van der Waals surface area contributed by atoms with Crippen LogP contribution in [0.3, 0.4) is 0 Å². The van der Waals surface area contributed by atoms with Gasteiger partial charge in [-0.25, -0.2) is 9.97 Å². The van der Waals surface area contributed by atoms with Gasteiger partial charge in [-0.3, -0.25) is 25.8 Å². The quantitative estimate of drug-likeness (QED) is 0.480. The van der Waals surface area contributed by atoms with Gasteiger partial charge in [0.25, 0.3) is 5.91 Å². The number of nitrogens with zero attached hydrogens (tertiary/aromatic N) is 4. The zero-order valence-electron chi connectivity index (χ0n) is 15.9. The highest BCUT2D eigenvalue weighted by Gasteiger charge is 2.27. The number of amides is 1. The average molecular weight is 455 g/mol. The van der Waals surface area contributed by atoms with E-state index in [9.17, 15) is 14.9 Å². The highest BCUT2D eigenvalue weighted by atomic mass is 35.5. The molecule has 1 saturated heterocycles. The summed E-state index contributed by atoms with van der Waals surface area (Å²) in [6, 6.07) is 4.60. The number of hydrazine groups is 1. The van der Waals surface area contributed by atoms with Crippen molar-refractivity contribution in [2.75, 3.05) is 30.0 Å². The molecule has 0 radical (unpaired) electrons. The van der Waals surface area contributed by atoms with Crippen molar-refractivity contribution in [2.24, 2.45) is 0 Å². The molecule has 0 bridgehead atoms. The normalized spacial score (nSPS) is 14.0. The van der Waals surface area contributed by atoms with Crippen LogP contribution in [0.2, 0.25) is 10.0 Å². The highest BCUT2D eigenvalue weighted by molar-refractivity contribution is 6.35. The van der Waals surface area contributed by atoms with Crippen LogP contribution in [-0.2, 0) is 4.79 Å². The first kappa shape index (κ1) is 21.8. The summed E-state index contributed by atoms with van der Waals surface area (Å²) in [5.41, 5.74) is 4.55. The second-order valence-corrected chi connectivity index (χ2v) is 7.43. The molecule has 3 rings (SSSR count). The molecule has 1 aliphatic heterocycles. The molecule has 0 aliphatic carbocycles. The molecular weight excluding hydrogens is 435 g/mol. The number of hydrogen-bond donors (Lipinski definition) is 2. The fourth-order valence-corrected chi connectivity index (χ4v) is 3.51. The molecule has 30 heavy (non-hydrogen) atoms. The molecule has 0 unspecified atom stereocenters. The van der Waals surface area contributed by atoms with Crippen molar-refractivity contribution in [1.29, 1.82) is 0 Å². The van der Waals surface area contributed by atoms with Crippen molar-refractivity contribution in [3.63, 3.8) is 0 Å². The lowest BCUT2D eigenvalue weighted by Gasteiger charge is -2.21. The lowest BCUT2D eigenvalue weighted by molar-refractivity contribution is -0.383. The zero-order valence-corrected chi connectivity index (χ0v) is 17.4. The molecule has 160 valence electrons. The number of nitro groups is 1. The van der Waals surface area contributed by atoms with E-state index < -0.39 is 10.8 Å². The number of rotatable bonds is 7. The second-order valence-electron chi connectivity index (χ2n) is 6.59. The predicted octanol–water partition coefficient (Wildman–Crippen LogP) is 3.59. The van der Waals surface area contributed by atoms with E-state index in [0.29, 0.717) is 18.1 Å². The van der Waals surface area contributed by atoms with Crippen molar-refractivity contribution >= 4 is 46.4 Å². The third kappa shape index (κ3) is 5.61. The van der Waals surface area contributed by atoms with Crippen LogP contribution in [0.15, 0.2) is 24.5 Å². The minimum Gasteiger partial charge on any atom is -0.482 e. The second kappa shape index (κ2) is 10.3. The lowest BCUT2D eigenvalue weighted by atomic mass is 10.2. The molecule has 2 aromatic rings. The fourth-order valence-electron chi connectivity index (χ4n) is 3.04. The smallest absolute Gasteiger partial charge is 0.355 e. The summed E-state index contributed by atoms with van der Waals surface area (Å²) in [6.07, 6.45) is 5.25. The number of ether oxygens (including phenoxy) is 1. The van der Waals surface area contributed by atoms with E-state index >= 15 is 0 Å². The van der Waals surface area contributed by atoms with Gasteiger partial charge < -0.3 is 9.64 Å². The monoisotopic (exact) mass is 454 g/mol. The molecule has 1 fully saturated rings. The summed E-state index contributed by atoms with van der Waals surface area (Å²) in [7, 11) is 0. The summed E-state index contributed by atoms with van der Waals surface area (Å²) in [4.78, 5) is 33.1. The summed E-state index contributed by atoms with van der Waals surface area (Å²) < 4.78 is 5.33. The first-order valence-electron chi connectivity index (χ1n) is 9.32. The van der Waals surface area contributed by atoms with Crippen LogP contribution >= 0.6 is 23.2 Å². The maximum atomic E-state index is 12.1. The van der Waals surface area contributed by atoms with Crippen LogP contribution in [0.4, 0.5) is 17.3 Å². The van der Waals surface area contributed by atoms with Gasteiger partial charge in [-0.2, -0.15) is 0 Å². The van der Waals surface area contributed by atoms with Gasteiger partial charge in [-0.15, -0.1) is 0 Å². The van der Waals surface area contributed by atoms with Gasteiger partial charge >= 0.3 is 5.69 Å². The number of benzene rings is 1. The summed E-state index contributed by atoms with van der Waals surface area (Å²) in [5, 5.41) is 12.4. The Hall–Kier alpha value is -2.85. The van der Waals surface area contributed by atoms with Gasteiger partial charge in [0.05, 0.1) is 9.95 Å². The number of carbonyl (C=O) groups is 1. The summed E-state index contributed by atoms with van der Waals surface area (Å²) >= 11 is 11.8. The number of aromatic nitrogens is 2. The Kier molecular flexibility index (Phi) is 7.47. The Balaban J connectivity index is 1.66. The van der Waals surface area contributed by atoms with E-state index in [2.05, 4.69) is 20.8 Å². The topological polar surface area (TPSA) is 123 Å². The number of carbonyl (C=O) groups excluding carboxylic acids is 1. The minimum atomic E-state index is -0.578. The molecule has 0 atom stereocenters. The van der Waals surface area contributed by atoms with Crippen molar-refractivity contribution in [3.05, 3.63) is 44.7 Å². The molecular formula is C18H20Cl2N6O4. The van der Waals surface area contributed by atoms with Gasteiger partial charge in [-0.1, -0.05) is 36.0 Å². The Morgan fingerprint density at radius 2 is 1.93 bits per heavy atom. The van der Waals surface area contributed by atoms with Crippen molar-refractivity contribution in [1.82, 2.24) is 15.4 Å². The van der Waals surface area contributed by atoms with Gasteiger partial charge in [0.15, 0.2) is 6.61 Å². The average Bonchev–Trinajstić information content (AvgIpc) is 3.00. The molecule has 1 amide bonds. The van der Waals surface area contributed by atoms with Gasteiger partial charge in [0.2, 0.25) is 11.6 Å². The molecule has 1 aliphatic rings. The molecule has 12 heteroatoms. The molecule has 2 heterocycles. The third-order valence-electron chi connectivity index (χ3n) is 4.46. The van der Waals surface area contributed by atoms with Crippen LogP contribution in [0, 0.1) is 10.1 Å². The van der Waals surface area contributed by atoms with Gasteiger partial charge in [0, 0.05) is 18.1 Å². The number of hydrogen-bond acceptors (Lipinski definition) is 8. The van der Waals surface area contributed by atoms with Crippen LogP contribution in [0.1, 0.15) is 25.7 Å². The predicted molar refractivity (Wildman–Crippen MR) is 113 cm³/mol. The number of halogens is 2. The van der Waals surface area contributed by atoms with E-state index in [0.717, 1.165) is 25.7 Å². The van der Waals surface area contributed by atoms with Crippen molar-refractivity contribution < 1.29 is 14.5 Å². The van der Waals surface area contributed by atoms with E-state index in [4.69, 9.17) is 27.9 Å². The summed E-state index contributed by atoms with van der Waals surface area (Å²) in [6.45, 7) is 0.991. The lowest BCUT2D eigenvalue weighted by Crippen LogP contribution is -2.34. The van der Waals surface area contributed by atoms with Crippen LogP contribution in [0.25, 0.3) is 0 Å². The molecule has 0 spiro atoms. The van der Waals surface area contributed by atoms with E-state index in [1.807, 2.05) is 4.90 Å². The van der Waals surface area contributed by atoms with Crippen LogP contribution in [-0.4, -0.2) is 40.5 Å². The van der Waals surface area contributed by atoms with E-state index in [1.54, 1.807) is 6.07 Å². The number of anilines is 2. The third-order valence-corrected chi connectivity index (χ3v) is 4.99. The Labute approximate surface area is 182 Å². The zero-order chi connectivity index (χ0) is 21.5. The van der Waals surface area contributed by atoms with Crippen LogP contribution in [0.5, 0.6) is 5.75 Å². The molecule has 1 aromatic carbocycles. The summed E-state index contributed by atoms with van der Waals surface area (Å²) in [5.74, 6) is -0.164. The molecule has 2 N–H and O–H groups in total. The maximum Gasteiger partial charge on any atom is 0.355 e. The largest absolute Gasteiger partial charge is 0.482 e. The maximum absolute atomic E-state index is 12.1.